The lowest BCUT2D eigenvalue weighted by Crippen LogP contribution is -2.06. The van der Waals surface area contributed by atoms with Gasteiger partial charge in [0, 0.05) is 65.6 Å². The van der Waals surface area contributed by atoms with E-state index in [2.05, 4.69) is 315 Å². The zero-order valence-corrected chi connectivity index (χ0v) is 56.8. The molecule has 6 aromatic heterocycles. The summed E-state index contributed by atoms with van der Waals surface area (Å²) in [7, 11) is 0. The van der Waals surface area contributed by atoms with Crippen LogP contribution in [0.3, 0.4) is 0 Å². The average Bonchev–Trinajstić information content (AvgIpc) is 1.55. The van der Waals surface area contributed by atoms with Gasteiger partial charge >= 0.3 is 0 Å². The third-order valence-corrected chi connectivity index (χ3v) is 20.5. The fraction of sp³-hybridized carbons (Fsp3) is 0.0870. The van der Waals surface area contributed by atoms with E-state index in [1.54, 1.807) is 0 Å². The number of para-hydroxylation sites is 1. The van der Waals surface area contributed by atoms with E-state index in [-0.39, 0.29) is 0 Å². The van der Waals surface area contributed by atoms with Crippen LogP contribution in [-0.2, 0) is 0 Å². The van der Waals surface area contributed by atoms with Crippen molar-refractivity contribution in [2.45, 2.75) is 55.4 Å². The molecule has 0 aliphatic rings. The van der Waals surface area contributed by atoms with Crippen molar-refractivity contribution in [3.63, 3.8) is 0 Å². The van der Waals surface area contributed by atoms with Gasteiger partial charge in [-0.2, -0.15) is 10.5 Å². The average molecular weight is 1280 g/mol. The molecule has 18 aromatic rings. The first kappa shape index (κ1) is 59.6. The third kappa shape index (κ3) is 9.48. The van der Waals surface area contributed by atoms with Crippen LogP contribution >= 0.6 is 0 Å². The number of rotatable bonds is 9. The van der Waals surface area contributed by atoms with Crippen LogP contribution in [0.5, 0.6) is 0 Å². The van der Waals surface area contributed by atoms with Gasteiger partial charge in [0.15, 0.2) is 0 Å². The van der Waals surface area contributed by atoms with E-state index in [0.29, 0.717) is 11.1 Å². The van der Waals surface area contributed by atoms with E-state index < -0.39 is 0 Å². The van der Waals surface area contributed by atoms with Gasteiger partial charge in [0.05, 0.1) is 78.3 Å². The number of hydrogen-bond acceptors (Lipinski definition) is 4. The number of fused-ring (bicyclic) bond motifs is 12. The fourth-order valence-corrected chi connectivity index (χ4v) is 16.0. The number of hydrogen-bond donors (Lipinski definition) is 0. The minimum absolute atomic E-state index is 0.549. The second-order valence-corrected chi connectivity index (χ2v) is 27.4. The van der Waals surface area contributed by atoms with E-state index >= 15 is 0 Å². The Bertz CT molecular complexity index is 6500. The van der Waals surface area contributed by atoms with Crippen molar-refractivity contribution in [1.29, 1.82) is 10.5 Å². The van der Waals surface area contributed by atoms with E-state index in [4.69, 9.17) is 9.97 Å². The summed E-state index contributed by atoms with van der Waals surface area (Å²) < 4.78 is 9.29. The summed E-state index contributed by atoms with van der Waals surface area (Å²) >= 11 is 0. The number of nitrogens with zero attached hydrogens (tertiary/aromatic N) is 8. The van der Waals surface area contributed by atoms with Crippen LogP contribution in [0, 0.1) is 78.1 Å². The van der Waals surface area contributed by atoms with Crippen molar-refractivity contribution < 1.29 is 0 Å². The highest BCUT2D eigenvalue weighted by Gasteiger charge is 2.27. The molecule has 0 radical (unpaired) electrons. The monoisotopic (exact) mass is 1280 g/mol. The first-order chi connectivity index (χ1) is 48.7. The Kier molecular flexibility index (Phi) is 13.6. The number of pyridine rings is 2. The van der Waals surface area contributed by atoms with Gasteiger partial charge in [-0.1, -0.05) is 145 Å². The molecule has 0 aliphatic heterocycles. The fourth-order valence-electron chi connectivity index (χ4n) is 16.0. The molecule has 12 aromatic carbocycles. The molecular formula is C92H66N8. The zero-order valence-electron chi connectivity index (χ0n) is 56.8. The third-order valence-electron chi connectivity index (χ3n) is 20.5. The molecule has 0 bridgehead atoms. The van der Waals surface area contributed by atoms with Crippen molar-refractivity contribution in [2.75, 3.05) is 0 Å². The summed E-state index contributed by atoms with van der Waals surface area (Å²) in [4.78, 5) is 10.1. The molecule has 0 saturated heterocycles. The smallest absolute Gasteiger partial charge is 0.104 e. The molecule has 8 nitrogen and oxygen atoms in total. The van der Waals surface area contributed by atoms with Crippen LogP contribution in [0.25, 0.3) is 166 Å². The second kappa shape index (κ2) is 22.9. The maximum absolute atomic E-state index is 12.1. The molecule has 6 heterocycles. The first-order valence-electron chi connectivity index (χ1n) is 34.1. The maximum atomic E-state index is 12.1. The molecule has 0 aliphatic carbocycles. The number of nitriles is 2. The van der Waals surface area contributed by atoms with Crippen LogP contribution in [0.4, 0.5) is 0 Å². The maximum Gasteiger partial charge on any atom is 0.104 e. The summed E-state index contributed by atoms with van der Waals surface area (Å²) in [5, 5.41) is 32.8. The van der Waals surface area contributed by atoms with Gasteiger partial charge in [0.2, 0.25) is 0 Å². The predicted octanol–water partition coefficient (Wildman–Crippen LogP) is 23.4. The molecule has 0 spiro atoms. The van der Waals surface area contributed by atoms with Crippen molar-refractivity contribution in [2.24, 2.45) is 0 Å². The van der Waals surface area contributed by atoms with Crippen LogP contribution in [0.1, 0.15) is 55.9 Å². The topological polar surface area (TPSA) is 93.1 Å². The Hall–Kier alpha value is -12.9. The quantitative estimate of drug-likeness (QED) is 0.144. The minimum Gasteiger partial charge on any atom is -0.308 e. The van der Waals surface area contributed by atoms with Gasteiger partial charge in [0.1, 0.15) is 23.3 Å². The van der Waals surface area contributed by atoms with Crippen LogP contribution in [0.15, 0.2) is 255 Å². The lowest BCUT2D eigenvalue weighted by molar-refractivity contribution is 1.11. The Morgan fingerprint density at radius 1 is 0.250 bits per heavy atom. The van der Waals surface area contributed by atoms with Gasteiger partial charge in [0.25, 0.3) is 0 Å². The number of aromatic nitrogens is 6. The molecule has 8 heteroatoms. The number of benzene rings is 12. The predicted molar refractivity (Wildman–Crippen MR) is 414 cm³/mol. The van der Waals surface area contributed by atoms with Crippen molar-refractivity contribution in [3.8, 4) is 90.8 Å². The van der Waals surface area contributed by atoms with Crippen LogP contribution < -0.4 is 0 Å². The lowest BCUT2D eigenvalue weighted by atomic mass is 9.96. The van der Waals surface area contributed by atoms with Gasteiger partial charge in [-0.25, -0.2) is 4.98 Å². The normalized spacial score (nSPS) is 11.8. The second-order valence-electron chi connectivity index (χ2n) is 27.4. The van der Waals surface area contributed by atoms with Gasteiger partial charge in [-0.15, -0.1) is 0 Å². The van der Waals surface area contributed by atoms with Gasteiger partial charge in [-0.05, 0) is 232 Å². The molecule has 18 rings (SSSR count). The van der Waals surface area contributed by atoms with E-state index in [1.165, 1.54) is 5.56 Å². The number of aryl methyl sites for hydroxylation is 8. The standard InChI is InChI=1S/C92H66N8/c1-53-26-32-82-73(35-53)68-21-15-16-22-81(68)97(82)89-48-67(65-44-79(61-17-11-9-12-18-61)96-80(45-65)62-19-13-10-14-20-62)49-90(77(89)51-93)98-83-33-27-54(2)36-74(83)75-43-63(28-34-84(75)98)72-50-76-71-31-25-57(5)39-87(71)100(88(76)40-58(72)6)92-47-66(64-41-59(7)95-60(8)42-64)46-91(78(92)52-94)99-85-37-55(3)23-29-69(85)70-30-24-56(4)38-86(70)99/h9-50H,1-8H3. The van der Waals surface area contributed by atoms with Crippen molar-refractivity contribution >= 4 is 87.2 Å². The highest BCUT2D eigenvalue weighted by Crippen LogP contribution is 2.46. The molecule has 0 unspecified atom stereocenters. The zero-order chi connectivity index (χ0) is 67.9. The van der Waals surface area contributed by atoms with E-state index in [1.807, 2.05) is 26.0 Å². The van der Waals surface area contributed by atoms with Crippen molar-refractivity contribution in [3.05, 3.63) is 311 Å². The lowest BCUT2D eigenvalue weighted by Gasteiger charge is -2.19. The molecule has 100 heavy (non-hydrogen) atoms. The Morgan fingerprint density at radius 2 is 0.600 bits per heavy atom. The summed E-state index contributed by atoms with van der Waals surface area (Å²) in [6.45, 7) is 17.0. The minimum atomic E-state index is 0.549. The van der Waals surface area contributed by atoms with E-state index in [9.17, 15) is 10.5 Å². The van der Waals surface area contributed by atoms with Crippen LogP contribution in [-0.4, -0.2) is 28.2 Å². The SMILES string of the molecule is Cc1ccc2c(c1)c1ccccc1n2-c1cc(-c2cc(-c3ccccc3)nc(-c3ccccc3)c2)cc(-n2c3ccc(C)cc3c3cc(-c4cc5c6ccc(C)cc6n(-c6cc(-c7cc(C)nc(C)c7)cc(-n7c8cc(C)ccc8c8ccc(C)cc87)c6C#N)c5cc4C)ccc32)c1C#N. The Morgan fingerprint density at radius 3 is 1.09 bits per heavy atom. The highest BCUT2D eigenvalue weighted by atomic mass is 15.0. The molecular weight excluding hydrogens is 1220 g/mol. The summed E-state index contributed by atoms with van der Waals surface area (Å²) in [5.41, 5.74) is 30.9. The molecule has 0 fully saturated rings. The molecule has 0 N–H and O–H groups in total. The van der Waals surface area contributed by atoms with E-state index in [0.717, 1.165) is 205 Å². The highest BCUT2D eigenvalue weighted by molar-refractivity contribution is 6.15. The van der Waals surface area contributed by atoms with Crippen LogP contribution in [0.2, 0.25) is 0 Å². The summed E-state index contributed by atoms with van der Waals surface area (Å²) in [5.74, 6) is 0. The Labute approximate surface area is 579 Å². The largest absolute Gasteiger partial charge is 0.308 e. The van der Waals surface area contributed by atoms with Gasteiger partial charge < -0.3 is 18.3 Å². The molecule has 0 amide bonds. The molecule has 0 saturated carbocycles. The first-order valence-corrected chi connectivity index (χ1v) is 34.1. The molecule has 0 atom stereocenters. The summed E-state index contributed by atoms with van der Waals surface area (Å²) in [6, 6.07) is 97.5. The van der Waals surface area contributed by atoms with Gasteiger partial charge in [-0.3, -0.25) is 4.98 Å². The summed E-state index contributed by atoms with van der Waals surface area (Å²) in [6.07, 6.45) is 0. The molecule has 474 valence electrons. The Balaban J connectivity index is 0.873. The van der Waals surface area contributed by atoms with Crippen molar-refractivity contribution in [1.82, 2.24) is 28.2 Å².